The molecule has 1 atom stereocenters. The Labute approximate surface area is 115 Å². The van der Waals surface area contributed by atoms with Crippen LogP contribution in [-0.2, 0) is 14.8 Å². The van der Waals surface area contributed by atoms with E-state index in [0.717, 1.165) is 0 Å². The second kappa shape index (κ2) is 6.72. The van der Waals surface area contributed by atoms with E-state index in [1.54, 1.807) is 20.8 Å². The first kappa shape index (κ1) is 19.1. The van der Waals surface area contributed by atoms with Crippen LogP contribution in [0.3, 0.4) is 0 Å². The highest BCUT2D eigenvalue weighted by molar-refractivity contribution is 7.89. The van der Waals surface area contributed by atoms with Crippen molar-refractivity contribution in [3.63, 3.8) is 0 Å². The summed E-state index contributed by atoms with van der Waals surface area (Å²) in [6.45, 7) is 4.54. The van der Waals surface area contributed by atoms with Crippen molar-refractivity contribution >= 4 is 15.9 Å². The van der Waals surface area contributed by atoms with Crippen LogP contribution in [0.4, 0.5) is 13.2 Å². The van der Waals surface area contributed by atoms with Gasteiger partial charge < -0.3 is 10.4 Å². The maximum absolute atomic E-state index is 12.0. The topological polar surface area (TPSA) is 95.5 Å². The molecule has 0 rings (SSSR count). The van der Waals surface area contributed by atoms with E-state index in [9.17, 15) is 26.4 Å². The number of hydrogen-bond acceptors (Lipinski definition) is 4. The van der Waals surface area contributed by atoms with Gasteiger partial charge in [0.1, 0.15) is 0 Å². The van der Waals surface area contributed by atoms with Gasteiger partial charge in [-0.15, -0.1) is 0 Å². The van der Waals surface area contributed by atoms with Gasteiger partial charge in [0.2, 0.25) is 15.9 Å². The number of hydrogen-bond donors (Lipinski definition) is 3. The number of halogens is 3. The Morgan fingerprint density at radius 2 is 1.75 bits per heavy atom. The van der Waals surface area contributed by atoms with Crippen LogP contribution in [0.5, 0.6) is 0 Å². The third-order valence-electron chi connectivity index (χ3n) is 1.91. The Kier molecular flexibility index (Phi) is 6.43. The highest BCUT2D eigenvalue weighted by Crippen LogP contribution is 2.21. The fraction of sp³-hybridized carbons (Fsp3) is 0.900. The molecule has 1 unspecified atom stereocenters. The summed E-state index contributed by atoms with van der Waals surface area (Å²) in [5, 5.41) is 10.7. The fourth-order valence-electron chi connectivity index (χ4n) is 1.21. The third kappa shape index (κ3) is 9.10. The molecule has 0 aromatic rings. The summed E-state index contributed by atoms with van der Waals surface area (Å²) in [6, 6.07) is 0. The molecule has 10 heteroatoms. The molecule has 1 amide bonds. The molecule has 0 aliphatic heterocycles. The average molecular weight is 320 g/mol. The molecule has 3 N–H and O–H groups in total. The molecule has 0 aliphatic rings. The minimum absolute atomic E-state index is 0.338. The van der Waals surface area contributed by atoms with Crippen LogP contribution in [0.2, 0.25) is 0 Å². The van der Waals surface area contributed by atoms with Crippen molar-refractivity contribution in [1.29, 1.82) is 0 Å². The Bertz CT molecular complexity index is 429. The van der Waals surface area contributed by atoms with E-state index in [1.807, 2.05) is 5.32 Å². The van der Waals surface area contributed by atoms with Crippen molar-refractivity contribution in [2.75, 3.05) is 12.3 Å². The number of alkyl halides is 3. The first-order valence-electron chi connectivity index (χ1n) is 5.76. The molecule has 0 spiro atoms. The monoisotopic (exact) mass is 320 g/mol. The normalized spacial score (nSPS) is 14.9. The lowest BCUT2D eigenvalue weighted by Crippen LogP contribution is -2.44. The van der Waals surface area contributed by atoms with Crippen LogP contribution in [0.15, 0.2) is 0 Å². The molecule has 0 heterocycles. The van der Waals surface area contributed by atoms with Crippen molar-refractivity contribution in [3.05, 3.63) is 0 Å². The molecule has 0 radical (unpaired) electrons. The van der Waals surface area contributed by atoms with E-state index in [0.29, 0.717) is 0 Å². The standard InChI is InChI=1S/C10H19F3N2O4S/c1-9(2,3)15-20(18,19)5-4-14-8(17)6-7(16)10(11,12)13/h7,15-16H,4-6H2,1-3H3,(H,14,17). The number of aliphatic hydroxyl groups is 1. The molecular weight excluding hydrogens is 301 g/mol. The van der Waals surface area contributed by atoms with Gasteiger partial charge in [0.15, 0.2) is 6.10 Å². The van der Waals surface area contributed by atoms with Crippen LogP contribution in [0.1, 0.15) is 27.2 Å². The predicted molar refractivity (Wildman–Crippen MR) is 66.4 cm³/mol. The lowest BCUT2D eigenvalue weighted by molar-refractivity contribution is -0.205. The van der Waals surface area contributed by atoms with Gasteiger partial charge in [-0.2, -0.15) is 13.2 Å². The van der Waals surface area contributed by atoms with Crippen molar-refractivity contribution in [3.8, 4) is 0 Å². The number of rotatable bonds is 6. The van der Waals surface area contributed by atoms with Gasteiger partial charge >= 0.3 is 6.18 Å². The summed E-state index contributed by atoms with van der Waals surface area (Å²) in [6.07, 6.45) is -8.79. The lowest BCUT2D eigenvalue weighted by Gasteiger charge is -2.20. The second-order valence-electron chi connectivity index (χ2n) is 5.28. The Balaban J connectivity index is 4.16. The summed E-state index contributed by atoms with van der Waals surface area (Å²) in [4.78, 5) is 11.1. The van der Waals surface area contributed by atoms with Gasteiger partial charge in [0.25, 0.3) is 0 Å². The Hall–Kier alpha value is -0.870. The molecule has 0 fully saturated rings. The lowest BCUT2D eigenvalue weighted by atomic mass is 10.1. The molecule has 20 heavy (non-hydrogen) atoms. The van der Waals surface area contributed by atoms with Crippen molar-refractivity contribution in [1.82, 2.24) is 10.0 Å². The van der Waals surface area contributed by atoms with Crippen molar-refractivity contribution in [2.45, 2.75) is 45.0 Å². The van der Waals surface area contributed by atoms with Crippen molar-refractivity contribution in [2.24, 2.45) is 0 Å². The summed E-state index contributed by atoms with van der Waals surface area (Å²) in [7, 11) is -3.64. The van der Waals surface area contributed by atoms with Gasteiger partial charge in [-0.25, -0.2) is 13.1 Å². The van der Waals surface area contributed by atoms with Gasteiger partial charge in [0.05, 0.1) is 12.2 Å². The summed E-state index contributed by atoms with van der Waals surface area (Å²) >= 11 is 0. The Morgan fingerprint density at radius 3 is 2.15 bits per heavy atom. The zero-order chi connectivity index (χ0) is 16.2. The molecule has 0 aromatic carbocycles. The molecule has 0 saturated carbocycles. The first-order valence-corrected chi connectivity index (χ1v) is 7.41. The molecule has 120 valence electrons. The maximum Gasteiger partial charge on any atom is 0.414 e. The molecule has 0 aromatic heterocycles. The van der Waals surface area contributed by atoms with Crippen molar-refractivity contribution < 1.29 is 31.5 Å². The summed E-state index contributed by atoms with van der Waals surface area (Å²) in [5.74, 6) is -1.53. The van der Waals surface area contributed by atoms with Crippen LogP contribution in [0, 0.1) is 0 Å². The second-order valence-corrected chi connectivity index (χ2v) is 7.12. The van der Waals surface area contributed by atoms with Gasteiger partial charge in [-0.1, -0.05) is 0 Å². The number of carbonyl (C=O) groups is 1. The average Bonchev–Trinajstić information content (AvgIpc) is 2.10. The van der Waals surface area contributed by atoms with E-state index in [-0.39, 0.29) is 6.54 Å². The number of nitrogens with one attached hydrogen (secondary N) is 2. The van der Waals surface area contributed by atoms with E-state index < -0.39 is 45.9 Å². The molecule has 0 bridgehead atoms. The maximum atomic E-state index is 12.0. The van der Waals surface area contributed by atoms with Crippen LogP contribution in [-0.4, -0.2) is 49.5 Å². The smallest absolute Gasteiger partial charge is 0.383 e. The summed E-state index contributed by atoms with van der Waals surface area (Å²) in [5.41, 5.74) is -0.685. The molecule has 6 nitrogen and oxygen atoms in total. The molecule has 0 saturated heterocycles. The zero-order valence-electron chi connectivity index (χ0n) is 11.4. The Morgan fingerprint density at radius 1 is 1.25 bits per heavy atom. The molecular formula is C10H19F3N2O4S. The van der Waals surface area contributed by atoms with Crippen LogP contribution >= 0.6 is 0 Å². The number of carbonyl (C=O) groups excluding carboxylic acids is 1. The third-order valence-corrected chi connectivity index (χ3v) is 3.58. The number of amides is 1. The molecule has 0 aliphatic carbocycles. The van der Waals surface area contributed by atoms with Gasteiger partial charge in [-0.3, -0.25) is 4.79 Å². The fourth-order valence-corrected chi connectivity index (χ4v) is 2.61. The predicted octanol–water partition coefficient (Wildman–Crippen LogP) is 0.134. The van der Waals surface area contributed by atoms with Gasteiger partial charge in [-0.05, 0) is 20.8 Å². The number of sulfonamides is 1. The highest BCUT2D eigenvalue weighted by atomic mass is 32.2. The highest BCUT2D eigenvalue weighted by Gasteiger charge is 2.39. The van der Waals surface area contributed by atoms with E-state index in [1.165, 1.54) is 0 Å². The SMILES string of the molecule is CC(C)(C)NS(=O)(=O)CCNC(=O)CC(O)C(F)(F)F. The number of aliphatic hydroxyl groups excluding tert-OH is 1. The van der Waals surface area contributed by atoms with Gasteiger partial charge in [0, 0.05) is 12.1 Å². The van der Waals surface area contributed by atoms with Crippen LogP contribution < -0.4 is 10.0 Å². The van der Waals surface area contributed by atoms with E-state index in [4.69, 9.17) is 5.11 Å². The largest absolute Gasteiger partial charge is 0.414 e. The zero-order valence-corrected chi connectivity index (χ0v) is 12.2. The summed E-state index contributed by atoms with van der Waals surface area (Å²) < 4.78 is 61.3. The first-order chi connectivity index (χ1) is 8.73. The van der Waals surface area contributed by atoms with Crippen LogP contribution in [0.25, 0.3) is 0 Å². The van der Waals surface area contributed by atoms with E-state index in [2.05, 4.69) is 4.72 Å². The minimum Gasteiger partial charge on any atom is -0.383 e. The quantitative estimate of drug-likeness (QED) is 0.648. The minimum atomic E-state index is -4.88. The van der Waals surface area contributed by atoms with E-state index >= 15 is 0 Å².